The van der Waals surface area contributed by atoms with Crippen LogP contribution in [0.2, 0.25) is 0 Å². The first kappa shape index (κ1) is 19.8. The van der Waals surface area contributed by atoms with Crippen LogP contribution in [0.15, 0.2) is 35.2 Å². The maximum Gasteiger partial charge on any atom is 0.419 e. The van der Waals surface area contributed by atoms with Gasteiger partial charge < -0.3 is 14.4 Å². The monoisotopic (exact) mass is 459 g/mol. The van der Waals surface area contributed by atoms with Gasteiger partial charge in [0.25, 0.3) is 0 Å². The van der Waals surface area contributed by atoms with Gasteiger partial charge in [0.15, 0.2) is 0 Å². The van der Waals surface area contributed by atoms with Gasteiger partial charge in [-0.1, -0.05) is 0 Å². The molecule has 0 atom stereocenters. The van der Waals surface area contributed by atoms with Gasteiger partial charge in [-0.25, -0.2) is 19.3 Å². The summed E-state index contributed by atoms with van der Waals surface area (Å²) in [7, 11) is 0. The summed E-state index contributed by atoms with van der Waals surface area (Å²) in [4.78, 5) is 28.6. The van der Waals surface area contributed by atoms with Gasteiger partial charge >= 0.3 is 6.09 Å². The van der Waals surface area contributed by atoms with E-state index in [1.165, 1.54) is 4.57 Å². The summed E-state index contributed by atoms with van der Waals surface area (Å²) in [5, 5.41) is 0. The highest BCUT2D eigenvalue weighted by atomic mass is 79.9. The van der Waals surface area contributed by atoms with Crippen LogP contribution < -0.4 is 4.90 Å². The molecule has 1 aliphatic rings. The van der Waals surface area contributed by atoms with Crippen LogP contribution >= 0.6 is 15.9 Å². The van der Waals surface area contributed by atoms with Crippen molar-refractivity contribution in [3.63, 3.8) is 0 Å². The van der Waals surface area contributed by atoms with Crippen LogP contribution in [0.4, 0.5) is 10.7 Å². The van der Waals surface area contributed by atoms with Crippen LogP contribution in [0.5, 0.6) is 0 Å². The van der Waals surface area contributed by atoms with Gasteiger partial charge in [-0.2, -0.15) is 0 Å². The maximum absolute atomic E-state index is 12.9. The number of anilines is 1. The van der Waals surface area contributed by atoms with Crippen molar-refractivity contribution >= 4 is 39.0 Å². The lowest BCUT2D eigenvalue weighted by Crippen LogP contribution is -2.37. The third kappa shape index (κ3) is 4.11. The molecule has 0 unspecified atom stereocenters. The van der Waals surface area contributed by atoms with Gasteiger partial charge in [-0.15, -0.1) is 0 Å². The molecule has 4 heterocycles. The highest BCUT2D eigenvalue weighted by Crippen LogP contribution is 2.34. The van der Waals surface area contributed by atoms with E-state index in [1.807, 2.05) is 32.9 Å². The molecule has 0 spiro atoms. The fourth-order valence-corrected chi connectivity index (χ4v) is 3.63. The van der Waals surface area contributed by atoms with Crippen LogP contribution in [0.1, 0.15) is 20.8 Å². The Bertz CT molecular complexity index is 1040. The lowest BCUT2D eigenvalue weighted by Gasteiger charge is -2.27. The molecule has 0 saturated carbocycles. The summed E-state index contributed by atoms with van der Waals surface area (Å²) >= 11 is 3.56. The maximum atomic E-state index is 12.9. The molecule has 4 rings (SSSR count). The number of fused-ring (bicyclic) bond motifs is 1. The Morgan fingerprint density at radius 2 is 1.86 bits per heavy atom. The van der Waals surface area contributed by atoms with Crippen molar-refractivity contribution < 1.29 is 14.3 Å². The second-order valence-electron chi connectivity index (χ2n) is 7.73. The molecule has 0 N–H and O–H groups in total. The predicted octanol–water partition coefficient (Wildman–Crippen LogP) is 3.88. The van der Waals surface area contributed by atoms with Crippen molar-refractivity contribution in [1.29, 1.82) is 0 Å². The van der Waals surface area contributed by atoms with E-state index in [-0.39, 0.29) is 0 Å². The summed E-state index contributed by atoms with van der Waals surface area (Å²) in [5.41, 5.74) is 2.12. The van der Waals surface area contributed by atoms with E-state index in [9.17, 15) is 4.79 Å². The Labute approximate surface area is 177 Å². The van der Waals surface area contributed by atoms with E-state index in [0.717, 1.165) is 5.56 Å². The van der Waals surface area contributed by atoms with Gasteiger partial charge in [-0.05, 0) is 48.8 Å². The zero-order valence-corrected chi connectivity index (χ0v) is 18.1. The molecule has 1 fully saturated rings. The first-order chi connectivity index (χ1) is 13.8. The quantitative estimate of drug-likeness (QED) is 0.574. The SMILES string of the molecule is CC(C)(C)OC(=O)n1cc(Br)c2nc(N3CCOCC3)nc(-c3ccncc3)c21. The Morgan fingerprint density at radius 3 is 2.52 bits per heavy atom. The number of hydrogen-bond donors (Lipinski definition) is 0. The number of carbonyl (C=O) groups is 1. The number of morpholine rings is 1. The first-order valence-electron chi connectivity index (χ1n) is 9.38. The lowest BCUT2D eigenvalue weighted by molar-refractivity contribution is 0.0544. The molecule has 8 nitrogen and oxygen atoms in total. The van der Waals surface area contributed by atoms with E-state index in [0.29, 0.717) is 53.5 Å². The fourth-order valence-electron chi connectivity index (χ4n) is 3.15. The van der Waals surface area contributed by atoms with E-state index in [4.69, 9.17) is 19.4 Å². The molecule has 0 aromatic carbocycles. The summed E-state index contributed by atoms with van der Waals surface area (Å²) in [5.74, 6) is 0.607. The predicted molar refractivity (Wildman–Crippen MR) is 113 cm³/mol. The normalized spacial score (nSPS) is 15.0. The third-order valence-electron chi connectivity index (χ3n) is 4.42. The van der Waals surface area contributed by atoms with Crippen LogP contribution in [-0.2, 0) is 9.47 Å². The molecule has 0 radical (unpaired) electrons. The number of aromatic nitrogens is 4. The molecule has 3 aromatic rings. The molecule has 3 aromatic heterocycles. The number of rotatable bonds is 2. The summed E-state index contributed by atoms with van der Waals surface area (Å²) in [6, 6.07) is 3.73. The number of nitrogens with zero attached hydrogens (tertiary/aromatic N) is 5. The van der Waals surface area contributed by atoms with E-state index in [1.54, 1.807) is 18.6 Å². The number of pyridine rings is 1. The van der Waals surface area contributed by atoms with Gasteiger partial charge in [0.1, 0.15) is 22.3 Å². The Balaban J connectivity index is 1.92. The first-order valence-corrected chi connectivity index (χ1v) is 10.2. The minimum absolute atomic E-state index is 0.480. The molecule has 29 heavy (non-hydrogen) atoms. The molecule has 0 bridgehead atoms. The largest absolute Gasteiger partial charge is 0.443 e. The Hall–Kier alpha value is -2.52. The fraction of sp³-hybridized carbons (Fsp3) is 0.400. The Kier molecular flexibility index (Phi) is 5.26. The standard InChI is InChI=1S/C20H22BrN5O3/c1-20(2,3)29-19(27)26-12-14(21)16-17(26)15(13-4-6-22-7-5-13)23-18(24-16)25-8-10-28-11-9-25/h4-7,12H,8-11H2,1-3H3. The third-order valence-corrected chi connectivity index (χ3v) is 5.00. The average molecular weight is 460 g/mol. The van der Waals surface area contributed by atoms with Crippen molar-refractivity contribution in [2.45, 2.75) is 26.4 Å². The number of ether oxygens (including phenoxy) is 2. The zero-order valence-electron chi connectivity index (χ0n) is 16.6. The minimum Gasteiger partial charge on any atom is -0.443 e. The van der Waals surface area contributed by atoms with Crippen LogP contribution in [0.25, 0.3) is 22.3 Å². The number of carbonyl (C=O) groups excluding carboxylic acids is 1. The molecule has 0 amide bonds. The number of hydrogen-bond acceptors (Lipinski definition) is 7. The van der Waals surface area contributed by atoms with Crippen LogP contribution in [0.3, 0.4) is 0 Å². The summed E-state index contributed by atoms with van der Waals surface area (Å²) in [6.07, 6.45) is 4.61. The second-order valence-corrected chi connectivity index (χ2v) is 8.59. The molecule has 0 aliphatic carbocycles. The molecule has 1 saturated heterocycles. The van der Waals surface area contributed by atoms with Crippen LogP contribution in [0, 0.1) is 0 Å². The van der Waals surface area contributed by atoms with Gasteiger partial charge in [0, 0.05) is 37.2 Å². The van der Waals surface area contributed by atoms with Crippen molar-refractivity contribution in [2.24, 2.45) is 0 Å². The van der Waals surface area contributed by atoms with Crippen molar-refractivity contribution in [3.05, 3.63) is 35.2 Å². The van der Waals surface area contributed by atoms with Crippen molar-refractivity contribution in [2.75, 3.05) is 31.2 Å². The minimum atomic E-state index is -0.619. The molecular formula is C20H22BrN5O3. The van der Waals surface area contributed by atoms with Crippen molar-refractivity contribution in [3.8, 4) is 11.3 Å². The molecule has 152 valence electrons. The van der Waals surface area contributed by atoms with Crippen molar-refractivity contribution in [1.82, 2.24) is 19.5 Å². The summed E-state index contributed by atoms with van der Waals surface area (Å²) in [6.45, 7) is 8.20. The average Bonchev–Trinajstić information content (AvgIpc) is 3.04. The van der Waals surface area contributed by atoms with Gasteiger partial charge in [0.05, 0.1) is 17.7 Å². The molecular weight excluding hydrogens is 438 g/mol. The highest BCUT2D eigenvalue weighted by molar-refractivity contribution is 9.10. The van der Waals surface area contributed by atoms with E-state index < -0.39 is 11.7 Å². The van der Waals surface area contributed by atoms with Crippen LogP contribution in [-0.4, -0.2) is 57.5 Å². The molecule has 9 heteroatoms. The lowest BCUT2D eigenvalue weighted by atomic mass is 10.1. The molecule has 1 aliphatic heterocycles. The topological polar surface area (TPSA) is 82.4 Å². The van der Waals surface area contributed by atoms with E-state index >= 15 is 0 Å². The van der Waals surface area contributed by atoms with Gasteiger partial charge in [0.2, 0.25) is 5.95 Å². The van der Waals surface area contributed by atoms with E-state index in [2.05, 4.69) is 25.8 Å². The van der Waals surface area contributed by atoms with Gasteiger partial charge in [-0.3, -0.25) is 4.98 Å². The summed E-state index contributed by atoms with van der Waals surface area (Å²) < 4.78 is 13.2. The Morgan fingerprint density at radius 1 is 1.17 bits per heavy atom. The number of halogens is 1. The second kappa shape index (κ2) is 7.72. The zero-order chi connectivity index (χ0) is 20.6. The highest BCUT2D eigenvalue weighted by Gasteiger charge is 2.26. The smallest absolute Gasteiger partial charge is 0.419 e.